The highest BCUT2D eigenvalue weighted by molar-refractivity contribution is 5.76. The lowest BCUT2D eigenvalue weighted by atomic mass is 9.73. The van der Waals surface area contributed by atoms with Crippen molar-refractivity contribution in [2.24, 2.45) is 5.41 Å². The van der Waals surface area contributed by atoms with E-state index in [0.717, 1.165) is 12.1 Å². The molecular weight excluding hydrogens is 194 g/mol. The fourth-order valence-electron chi connectivity index (χ4n) is 2.26. The van der Waals surface area contributed by atoms with E-state index in [-0.39, 0.29) is 5.41 Å². The highest BCUT2D eigenvalue weighted by atomic mass is 16.4. The molecule has 0 bridgehead atoms. The second-order valence-corrected chi connectivity index (χ2v) is 4.98. The molecule has 0 aromatic carbocycles. The summed E-state index contributed by atoms with van der Waals surface area (Å²) in [6.07, 6.45) is 1.41. The lowest BCUT2D eigenvalue weighted by molar-refractivity contribution is -0.140. The molecule has 1 aliphatic rings. The molecular formula is C11H15NO3. The zero-order chi connectivity index (χ0) is 11.2. The van der Waals surface area contributed by atoms with Gasteiger partial charge in [-0.15, -0.1) is 0 Å². The van der Waals surface area contributed by atoms with Crippen LogP contribution in [0.4, 0.5) is 0 Å². The number of oxazole rings is 1. The van der Waals surface area contributed by atoms with E-state index in [1.807, 2.05) is 0 Å². The monoisotopic (exact) mass is 209 g/mol. The van der Waals surface area contributed by atoms with Crippen molar-refractivity contribution in [3.05, 3.63) is 17.3 Å². The number of nitrogens with zero attached hydrogens (tertiary/aromatic N) is 1. The minimum atomic E-state index is -0.819. The Morgan fingerprint density at radius 2 is 2.27 bits per heavy atom. The van der Waals surface area contributed by atoms with Crippen molar-refractivity contribution in [3.8, 4) is 0 Å². The van der Waals surface area contributed by atoms with Crippen molar-refractivity contribution in [1.82, 2.24) is 4.98 Å². The summed E-state index contributed by atoms with van der Waals surface area (Å²) in [5.41, 5.74) is 0.801. The highest BCUT2D eigenvalue weighted by Crippen LogP contribution is 2.42. The molecule has 15 heavy (non-hydrogen) atoms. The largest absolute Gasteiger partial charge is 0.481 e. The maximum absolute atomic E-state index is 11.1. The van der Waals surface area contributed by atoms with Gasteiger partial charge >= 0.3 is 5.97 Å². The van der Waals surface area contributed by atoms with Crippen LogP contribution >= 0.6 is 0 Å². The van der Waals surface area contributed by atoms with Crippen molar-refractivity contribution in [2.75, 3.05) is 0 Å². The summed E-state index contributed by atoms with van der Waals surface area (Å²) in [5.74, 6) is -0.242. The summed E-state index contributed by atoms with van der Waals surface area (Å²) in [6.45, 7) is 5.88. The lowest BCUT2D eigenvalue weighted by Gasteiger charge is -2.31. The summed E-state index contributed by atoms with van der Waals surface area (Å²) in [4.78, 5) is 15.4. The number of hydrogen-bond acceptors (Lipinski definition) is 3. The predicted octanol–water partition coefficient (Wildman–Crippen LogP) is 2.12. The van der Waals surface area contributed by atoms with E-state index in [1.165, 1.54) is 0 Å². The molecule has 1 heterocycles. The summed E-state index contributed by atoms with van der Waals surface area (Å²) in [6, 6.07) is 0. The van der Waals surface area contributed by atoms with Gasteiger partial charge in [0.1, 0.15) is 11.7 Å². The molecule has 1 aromatic heterocycles. The SMILES string of the molecule is Cc1nc2c(o1)C(C(=O)O)CC(C)(C)C2. The summed E-state index contributed by atoms with van der Waals surface area (Å²) < 4.78 is 5.38. The Morgan fingerprint density at radius 3 is 2.87 bits per heavy atom. The smallest absolute Gasteiger partial charge is 0.314 e. The number of rotatable bonds is 1. The van der Waals surface area contributed by atoms with Gasteiger partial charge in [0.15, 0.2) is 5.89 Å². The van der Waals surface area contributed by atoms with Crippen LogP contribution in [0.1, 0.15) is 43.5 Å². The van der Waals surface area contributed by atoms with Gasteiger partial charge in [0, 0.05) is 6.92 Å². The normalized spacial score (nSPS) is 23.5. The van der Waals surface area contributed by atoms with Crippen LogP contribution in [0, 0.1) is 12.3 Å². The zero-order valence-corrected chi connectivity index (χ0v) is 9.20. The Labute approximate surface area is 88.3 Å². The fraction of sp³-hybridized carbons (Fsp3) is 0.636. The molecule has 1 aliphatic carbocycles. The molecule has 4 heteroatoms. The third-order valence-electron chi connectivity index (χ3n) is 2.85. The first-order valence-corrected chi connectivity index (χ1v) is 5.08. The average Bonchev–Trinajstić information content (AvgIpc) is 2.41. The number of carboxylic acids is 1. The second kappa shape index (κ2) is 3.08. The number of aryl methyl sites for hydroxylation is 1. The van der Waals surface area contributed by atoms with Crippen molar-refractivity contribution < 1.29 is 14.3 Å². The van der Waals surface area contributed by atoms with Crippen LogP contribution in [0.3, 0.4) is 0 Å². The molecule has 0 fully saturated rings. The van der Waals surface area contributed by atoms with Gasteiger partial charge in [-0.05, 0) is 18.3 Å². The molecule has 1 aromatic rings. The Kier molecular flexibility index (Phi) is 2.10. The first kappa shape index (κ1) is 10.2. The molecule has 1 unspecified atom stereocenters. The fourth-order valence-corrected chi connectivity index (χ4v) is 2.26. The number of carboxylic acid groups (broad SMARTS) is 1. The number of hydrogen-bond donors (Lipinski definition) is 1. The van der Waals surface area contributed by atoms with Gasteiger partial charge in [0.2, 0.25) is 0 Å². The second-order valence-electron chi connectivity index (χ2n) is 4.98. The number of fused-ring (bicyclic) bond motifs is 1. The van der Waals surface area contributed by atoms with Crippen LogP contribution in [-0.4, -0.2) is 16.1 Å². The first-order chi connectivity index (χ1) is 6.89. The van der Waals surface area contributed by atoms with Crippen molar-refractivity contribution in [3.63, 3.8) is 0 Å². The molecule has 0 aliphatic heterocycles. The van der Waals surface area contributed by atoms with E-state index in [2.05, 4.69) is 18.8 Å². The zero-order valence-electron chi connectivity index (χ0n) is 9.20. The third kappa shape index (κ3) is 1.76. The van der Waals surface area contributed by atoms with Gasteiger partial charge < -0.3 is 9.52 Å². The third-order valence-corrected chi connectivity index (χ3v) is 2.85. The van der Waals surface area contributed by atoms with Crippen LogP contribution in [-0.2, 0) is 11.2 Å². The molecule has 0 spiro atoms. The van der Waals surface area contributed by atoms with Gasteiger partial charge in [-0.25, -0.2) is 4.98 Å². The van der Waals surface area contributed by atoms with Crippen LogP contribution in [0.2, 0.25) is 0 Å². The molecule has 2 rings (SSSR count). The van der Waals surface area contributed by atoms with E-state index in [1.54, 1.807) is 6.92 Å². The van der Waals surface area contributed by atoms with E-state index in [4.69, 9.17) is 9.52 Å². The maximum atomic E-state index is 11.1. The lowest BCUT2D eigenvalue weighted by Crippen LogP contribution is -2.29. The van der Waals surface area contributed by atoms with Gasteiger partial charge in [-0.1, -0.05) is 13.8 Å². The standard InChI is InChI=1S/C11H15NO3/c1-6-12-8-5-11(2,3)4-7(10(13)14)9(8)15-6/h7H,4-5H2,1-3H3,(H,13,14). The topological polar surface area (TPSA) is 63.3 Å². The summed E-state index contributed by atoms with van der Waals surface area (Å²) in [7, 11) is 0. The van der Waals surface area contributed by atoms with Crippen LogP contribution in [0.15, 0.2) is 4.42 Å². The van der Waals surface area contributed by atoms with Crippen molar-refractivity contribution in [2.45, 2.75) is 39.5 Å². The summed E-state index contributed by atoms with van der Waals surface area (Å²) >= 11 is 0. The maximum Gasteiger partial charge on any atom is 0.314 e. The number of aliphatic carboxylic acids is 1. The molecule has 82 valence electrons. The minimum Gasteiger partial charge on any atom is -0.481 e. The first-order valence-electron chi connectivity index (χ1n) is 5.08. The van der Waals surface area contributed by atoms with Gasteiger partial charge in [0.25, 0.3) is 0 Å². The molecule has 1 atom stereocenters. The Bertz CT molecular complexity index is 406. The van der Waals surface area contributed by atoms with Gasteiger partial charge in [-0.3, -0.25) is 4.79 Å². The van der Waals surface area contributed by atoms with E-state index in [0.29, 0.717) is 18.1 Å². The van der Waals surface area contributed by atoms with Crippen molar-refractivity contribution >= 4 is 5.97 Å². The van der Waals surface area contributed by atoms with E-state index in [9.17, 15) is 4.79 Å². The number of carbonyl (C=O) groups is 1. The summed E-state index contributed by atoms with van der Waals surface area (Å²) in [5, 5.41) is 9.14. The Balaban J connectivity index is 2.47. The van der Waals surface area contributed by atoms with E-state index >= 15 is 0 Å². The average molecular weight is 209 g/mol. The molecule has 0 radical (unpaired) electrons. The molecule has 0 saturated carbocycles. The van der Waals surface area contributed by atoms with Gasteiger partial charge in [0.05, 0.1) is 5.69 Å². The van der Waals surface area contributed by atoms with Crippen molar-refractivity contribution in [1.29, 1.82) is 0 Å². The predicted molar refractivity (Wildman–Crippen MR) is 53.7 cm³/mol. The molecule has 0 saturated heterocycles. The van der Waals surface area contributed by atoms with Gasteiger partial charge in [-0.2, -0.15) is 0 Å². The van der Waals surface area contributed by atoms with Crippen LogP contribution in [0.5, 0.6) is 0 Å². The molecule has 0 amide bonds. The molecule has 4 nitrogen and oxygen atoms in total. The van der Waals surface area contributed by atoms with Crippen LogP contribution in [0.25, 0.3) is 0 Å². The molecule has 1 N–H and O–H groups in total. The minimum absolute atomic E-state index is 0.0145. The number of aromatic nitrogens is 1. The van der Waals surface area contributed by atoms with Crippen LogP contribution < -0.4 is 0 Å². The Morgan fingerprint density at radius 1 is 1.60 bits per heavy atom. The Hall–Kier alpha value is -1.32. The quantitative estimate of drug-likeness (QED) is 0.769. The highest BCUT2D eigenvalue weighted by Gasteiger charge is 2.39. The van der Waals surface area contributed by atoms with E-state index < -0.39 is 11.9 Å².